The van der Waals surface area contributed by atoms with Gasteiger partial charge in [0.25, 0.3) is 0 Å². The lowest BCUT2D eigenvalue weighted by Gasteiger charge is -2.17. The molecule has 7 heteroatoms. The number of nitrogens with zero attached hydrogens (tertiary/aromatic N) is 2. The highest BCUT2D eigenvalue weighted by Crippen LogP contribution is 2.26. The van der Waals surface area contributed by atoms with Gasteiger partial charge in [-0.25, -0.2) is 4.39 Å². The zero-order valence-corrected chi connectivity index (χ0v) is 16.0. The number of aryl methyl sites for hydroxylation is 2. The van der Waals surface area contributed by atoms with Gasteiger partial charge in [-0.15, -0.1) is 0 Å². The number of aromatic nitrogens is 2. The Balaban J connectivity index is 2.04. The Morgan fingerprint density at radius 3 is 2.70 bits per heavy atom. The summed E-state index contributed by atoms with van der Waals surface area (Å²) in [6.45, 7) is 4.12. The first kappa shape index (κ1) is 18.9. The minimum Gasteiger partial charge on any atom is -0.490 e. The normalized spacial score (nSPS) is 10.7. The number of ether oxygens (including phenoxy) is 1. The second kappa shape index (κ2) is 7.80. The van der Waals surface area contributed by atoms with Crippen molar-refractivity contribution in [3.05, 3.63) is 80.5 Å². The molecule has 140 valence electrons. The molecule has 3 aromatic rings. The zero-order chi connectivity index (χ0) is 19.6. The van der Waals surface area contributed by atoms with E-state index in [1.807, 2.05) is 26.0 Å². The van der Waals surface area contributed by atoms with Crippen molar-refractivity contribution in [1.29, 1.82) is 0 Å². The number of anilines is 2. The topological polar surface area (TPSA) is 56.1 Å². The lowest BCUT2D eigenvalue weighted by molar-refractivity contribution is 0.402. The molecule has 27 heavy (non-hydrogen) atoms. The fourth-order valence-electron chi connectivity index (χ4n) is 2.70. The number of methoxy groups -OCH3 is 1. The van der Waals surface area contributed by atoms with Gasteiger partial charge >= 0.3 is 5.56 Å². The van der Waals surface area contributed by atoms with Crippen LogP contribution in [-0.4, -0.2) is 16.7 Å². The Bertz CT molecular complexity index is 1050. The third-order valence-corrected chi connectivity index (χ3v) is 4.58. The SMILES string of the molecule is COc1cn(Cc2cccc(F)c2)c(Nc2cc(C)c(Cl)cc2C)nc1=O. The number of nitrogens with one attached hydrogen (secondary N) is 1. The summed E-state index contributed by atoms with van der Waals surface area (Å²) in [4.78, 5) is 16.3. The third kappa shape index (κ3) is 4.28. The van der Waals surface area contributed by atoms with Gasteiger partial charge < -0.3 is 14.6 Å². The second-order valence-corrected chi connectivity index (χ2v) is 6.64. The van der Waals surface area contributed by atoms with Crippen LogP contribution in [0.25, 0.3) is 0 Å². The van der Waals surface area contributed by atoms with Gasteiger partial charge in [-0.05, 0) is 54.8 Å². The summed E-state index contributed by atoms with van der Waals surface area (Å²) in [6, 6.07) is 9.99. The van der Waals surface area contributed by atoms with Crippen molar-refractivity contribution in [2.45, 2.75) is 20.4 Å². The highest BCUT2D eigenvalue weighted by atomic mass is 35.5. The molecule has 0 saturated heterocycles. The Kier molecular flexibility index (Phi) is 5.46. The predicted octanol–water partition coefficient (Wildman–Crippen LogP) is 4.45. The minimum atomic E-state index is -0.487. The van der Waals surface area contributed by atoms with E-state index in [9.17, 15) is 9.18 Å². The molecule has 0 aliphatic rings. The van der Waals surface area contributed by atoms with Crippen LogP contribution < -0.4 is 15.6 Å². The molecule has 0 saturated carbocycles. The molecule has 1 N–H and O–H groups in total. The van der Waals surface area contributed by atoms with Crippen molar-refractivity contribution in [1.82, 2.24) is 9.55 Å². The summed E-state index contributed by atoms with van der Waals surface area (Å²) in [7, 11) is 1.41. The van der Waals surface area contributed by atoms with Crippen LogP contribution in [0.1, 0.15) is 16.7 Å². The van der Waals surface area contributed by atoms with Crippen LogP contribution in [0.4, 0.5) is 16.0 Å². The maximum atomic E-state index is 13.5. The maximum absolute atomic E-state index is 13.5. The van der Waals surface area contributed by atoms with Crippen molar-refractivity contribution in [3.63, 3.8) is 0 Å². The molecule has 5 nitrogen and oxygen atoms in total. The fourth-order valence-corrected chi connectivity index (χ4v) is 2.92. The van der Waals surface area contributed by atoms with Crippen LogP contribution in [-0.2, 0) is 6.54 Å². The number of benzene rings is 2. The molecule has 3 rings (SSSR count). The highest BCUT2D eigenvalue weighted by Gasteiger charge is 2.12. The first-order valence-corrected chi connectivity index (χ1v) is 8.69. The number of rotatable bonds is 5. The van der Waals surface area contributed by atoms with E-state index in [0.29, 0.717) is 17.5 Å². The van der Waals surface area contributed by atoms with Crippen LogP contribution >= 0.6 is 11.6 Å². The summed E-state index contributed by atoms with van der Waals surface area (Å²) < 4.78 is 20.3. The van der Waals surface area contributed by atoms with Gasteiger partial charge in [-0.1, -0.05) is 23.7 Å². The molecular weight excluding hydrogens is 369 g/mol. The van der Waals surface area contributed by atoms with E-state index in [-0.39, 0.29) is 11.6 Å². The second-order valence-electron chi connectivity index (χ2n) is 6.24. The molecule has 0 spiro atoms. The van der Waals surface area contributed by atoms with Crippen molar-refractivity contribution in [2.24, 2.45) is 0 Å². The maximum Gasteiger partial charge on any atom is 0.316 e. The molecule has 0 unspecified atom stereocenters. The molecule has 1 heterocycles. The summed E-state index contributed by atoms with van der Waals surface area (Å²) >= 11 is 6.16. The molecular formula is C20H19ClFN3O2. The number of hydrogen-bond acceptors (Lipinski definition) is 4. The van der Waals surface area contributed by atoms with Crippen LogP contribution in [0, 0.1) is 19.7 Å². The van der Waals surface area contributed by atoms with Crippen molar-refractivity contribution in [3.8, 4) is 5.75 Å². The Labute approximate surface area is 161 Å². The lowest BCUT2D eigenvalue weighted by Crippen LogP contribution is -2.19. The Morgan fingerprint density at radius 2 is 2.00 bits per heavy atom. The van der Waals surface area contributed by atoms with Gasteiger partial charge in [0.15, 0.2) is 0 Å². The predicted molar refractivity (Wildman–Crippen MR) is 105 cm³/mol. The Morgan fingerprint density at radius 1 is 1.22 bits per heavy atom. The zero-order valence-electron chi connectivity index (χ0n) is 15.2. The summed E-state index contributed by atoms with van der Waals surface area (Å²) in [6.07, 6.45) is 1.56. The van der Waals surface area contributed by atoms with Crippen molar-refractivity contribution < 1.29 is 9.13 Å². The van der Waals surface area contributed by atoms with Gasteiger partial charge in [-0.3, -0.25) is 4.79 Å². The molecule has 0 aliphatic heterocycles. The van der Waals surface area contributed by atoms with Gasteiger partial charge in [0.2, 0.25) is 11.7 Å². The molecule has 0 bridgehead atoms. The summed E-state index contributed by atoms with van der Waals surface area (Å²) in [5.41, 5.74) is 2.83. The number of halogens is 2. The van der Waals surface area contributed by atoms with E-state index in [0.717, 1.165) is 22.4 Å². The van der Waals surface area contributed by atoms with Crippen molar-refractivity contribution >= 4 is 23.2 Å². The molecule has 0 fully saturated rings. The van der Waals surface area contributed by atoms with Crippen molar-refractivity contribution in [2.75, 3.05) is 12.4 Å². The minimum absolute atomic E-state index is 0.112. The largest absolute Gasteiger partial charge is 0.490 e. The highest BCUT2D eigenvalue weighted by molar-refractivity contribution is 6.31. The summed E-state index contributed by atoms with van der Waals surface area (Å²) in [5, 5.41) is 3.84. The molecule has 0 atom stereocenters. The van der Waals surface area contributed by atoms with Gasteiger partial charge in [-0.2, -0.15) is 4.98 Å². The first-order chi connectivity index (χ1) is 12.9. The van der Waals surface area contributed by atoms with Gasteiger partial charge in [0.05, 0.1) is 19.9 Å². The van der Waals surface area contributed by atoms with E-state index in [4.69, 9.17) is 16.3 Å². The van der Waals surface area contributed by atoms with E-state index in [1.165, 1.54) is 19.2 Å². The summed E-state index contributed by atoms with van der Waals surface area (Å²) in [5.74, 6) is 0.114. The lowest BCUT2D eigenvalue weighted by atomic mass is 10.1. The van der Waals surface area contributed by atoms with Crippen LogP contribution in [0.15, 0.2) is 47.4 Å². The number of hydrogen-bond donors (Lipinski definition) is 1. The molecule has 1 aromatic heterocycles. The van der Waals surface area contributed by atoms with Crippen LogP contribution in [0.5, 0.6) is 5.75 Å². The van der Waals surface area contributed by atoms with E-state index in [1.54, 1.807) is 22.9 Å². The quantitative estimate of drug-likeness (QED) is 0.702. The molecule has 0 amide bonds. The van der Waals surface area contributed by atoms with E-state index in [2.05, 4.69) is 10.3 Å². The standard InChI is InChI=1S/C20H19ClFN3O2/c1-12-8-17(13(2)7-16(12)21)23-20-24-19(26)18(27-3)11-25(20)10-14-5-4-6-15(22)9-14/h4-9,11H,10H2,1-3H3,(H,23,24,26). The van der Waals surface area contributed by atoms with Crippen LogP contribution in [0.3, 0.4) is 0 Å². The van der Waals surface area contributed by atoms with Gasteiger partial charge in [0, 0.05) is 10.7 Å². The molecule has 2 aromatic carbocycles. The van der Waals surface area contributed by atoms with E-state index < -0.39 is 5.56 Å². The average molecular weight is 388 g/mol. The first-order valence-electron chi connectivity index (χ1n) is 8.31. The monoisotopic (exact) mass is 387 g/mol. The third-order valence-electron chi connectivity index (χ3n) is 4.18. The fraction of sp³-hybridized carbons (Fsp3) is 0.200. The van der Waals surface area contributed by atoms with E-state index >= 15 is 0 Å². The molecule has 0 radical (unpaired) electrons. The Hall–Kier alpha value is -2.86. The van der Waals surface area contributed by atoms with Crippen LogP contribution in [0.2, 0.25) is 5.02 Å². The molecule has 0 aliphatic carbocycles. The van der Waals surface area contributed by atoms with Gasteiger partial charge in [0.1, 0.15) is 5.82 Å². The average Bonchev–Trinajstić information content (AvgIpc) is 2.61. The smallest absolute Gasteiger partial charge is 0.316 e.